The van der Waals surface area contributed by atoms with Crippen LogP contribution in [-0.2, 0) is 28.6 Å². The van der Waals surface area contributed by atoms with Gasteiger partial charge in [-0.3, -0.25) is 14.4 Å². The van der Waals surface area contributed by atoms with Crippen LogP contribution in [0, 0.1) is 23.2 Å². The molecular formula is C22H30O6. The number of Topliss-reactive ketones (excluding diaryl/α,β-unsaturated/α-hetero) is 1. The van der Waals surface area contributed by atoms with Gasteiger partial charge in [-0.1, -0.05) is 6.92 Å². The Morgan fingerprint density at radius 1 is 0.929 bits per heavy atom. The average Bonchev–Trinajstić information content (AvgIpc) is 3.23. The first-order chi connectivity index (χ1) is 13.2. The molecule has 0 N–H and O–H groups in total. The number of esters is 2. The van der Waals surface area contributed by atoms with Crippen LogP contribution in [0.1, 0.15) is 72.1 Å². The zero-order chi connectivity index (χ0) is 19.9. The predicted molar refractivity (Wildman–Crippen MR) is 98.2 cm³/mol. The Bertz CT molecular complexity index is 747. The third-order valence-corrected chi connectivity index (χ3v) is 8.86. The van der Waals surface area contributed by atoms with Crippen LogP contribution in [-0.4, -0.2) is 41.1 Å². The van der Waals surface area contributed by atoms with Gasteiger partial charge in [0.25, 0.3) is 0 Å². The van der Waals surface area contributed by atoms with E-state index in [-0.39, 0.29) is 28.9 Å². The van der Waals surface area contributed by atoms with Gasteiger partial charge in [-0.25, -0.2) is 0 Å². The first-order valence-electron chi connectivity index (χ1n) is 10.8. The van der Waals surface area contributed by atoms with Crippen LogP contribution in [0.2, 0.25) is 0 Å². The van der Waals surface area contributed by atoms with Crippen LogP contribution in [0.5, 0.6) is 0 Å². The molecule has 0 aromatic heterocycles. The van der Waals surface area contributed by atoms with Crippen molar-refractivity contribution in [2.24, 2.45) is 23.2 Å². The molecule has 0 aromatic carbocycles. The van der Waals surface area contributed by atoms with Crippen LogP contribution in [0.3, 0.4) is 0 Å². The van der Waals surface area contributed by atoms with Crippen molar-refractivity contribution in [1.82, 2.24) is 0 Å². The predicted octanol–water partition coefficient (Wildman–Crippen LogP) is 2.96. The van der Waals surface area contributed by atoms with Crippen molar-refractivity contribution in [2.75, 3.05) is 0 Å². The summed E-state index contributed by atoms with van der Waals surface area (Å²) >= 11 is 0. The van der Waals surface area contributed by atoms with Gasteiger partial charge >= 0.3 is 11.9 Å². The van der Waals surface area contributed by atoms with E-state index in [0.717, 1.165) is 44.9 Å². The molecule has 4 aliphatic carbocycles. The summed E-state index contributed by atoms with van der Waals surface area (Å²) in [5.74, 6) is 0.840. The van der Waals surface area contributed by atoms with Gasteiger partial charge in [-0.2, -0.15) is 0 Å². The summed E-state index contributed by atoms with van der Waals surface area (Å²) < 4.78 is 17.4. The van der Waals surface area contributed by atoms with Gasteiger partial charge in [0.15, 0.2) is 11.7 Å². The topological polar surface area (TPSA) is 82.2 Å². The van der Waals surface area contributed by atoms with Crippen LogP contribution in [0.25, 0.3) is 0 Å². The third-order valence-electron chi connectivity index (χ3n) is 8.86. The van der Waals surface area contributed by atoms with Crippen LogP contribution in [0.15, 0.2) is 0 Å². The normalized spacial score (nSPS) is 51.2. The molecule has 4 saturated carbocycles. The van der Waals surface area contributed by atoms with Gasteiger partial charge in [0.2, 0.25) is 5.78 Å². The summed E-state index contributed by atoms with van der Waals surface area (Å²) in [6.07, 6.45) is 6.50. The molecule has 0 radical (unpaired) electrons. The molecule has 0 amide bonds. The van der Waals surface area contributed by atoms with Crippen LogP contribution >= 0.6 is 0 Å². The monoisotopic (exact) mass is 390 g/mol. The smallest absolute Gasteiger partial charge is 0.303 e. The molecule has 6 nitrogen and oxygen atoms in total. The lowest BCUT2D eigenvalue weighted by molar-refractivity contribution is -0.159. The Labute approximate surface area is 165 Å². The van der Waals surface area contributed by atoms with E-state index in [9.17, 15) is 14.4 Å². The number of ether oxygens (including phenoxy) is 3. The number of ketones is 1. The maximum absolute atomic E-state index is 13.1. The molecular weight excluding hydrogens is 360 g/mol. The SMILES string of the molecule is CC(=O)O[C@H]1CC[C@@]23O[C@@]2(CC[C@H]2[C@@H]4CC[C@H](OC(C)=O)[C@@]4(C)CC[C@@H]23)C1=O. The van der Waals surface area contributed by atoms with Crippen molar-refractivity contribution >= 4 is 17.7 Å². The number of carbonyl (C=O) groups excluding carboxylic acids is 3. The molecule has 28 heavy (non-hydrogen) atoms. The van der Waals surface area contributed by atoms with E-state index in [1.807, 2.05) is 0 Å². The lowest BCUT2D eigenvalue weighted by Gasteiger charge is -2.53. The van der Waals surface area contributed by atoms with E-state index < -0.39 is 17.7 Å². The number of hydrogen-bond acceptors (Lipinski definition) is 6. The second kappa shape index (κ2) is 5.80. The molecule has 8 atom stereocenters. The Balaban J connectivity index is 1.39. The molecule has 6 heteroatoms. The fourth-order valence-electron chi connectivity index (χ4n) is 7.78. The Morgan fingerprint density at radius 2 is 1.68 bits per heavy atom. The van der Waals surface area contributed by atoms with E-state index in [2.05, 4.69) is 6.92 Å². The summed E-state index contributed by atoms with van der Waals surface area (Å²) in [5, 5.41) is 0. The highest BCUT2D eigenvalue weighted by molar-refractivity contribution is 5.97. The average molecular weight is 390 g/mol. The highest BCUT2D eigenvalue weighted by Crippen LogP contribution is 2.72. The summed E-state index contributed by atoms with van der Waals surface area (Å²) in [4.78, 5) is 36.1. The van der Waals surface area contributed by atoms with Crippen molar-refractivity contribution in [3.63, 3.8) is 0 Å². The van der Waals surface area contributed by atoms with E-state index in [4.69, 9.17) is 14.2 Å². The van der Waals surface area contributed by atoms with E-state index >= 15 is 0 Å². The van der Waals surface area contributed by atoms with Gasteiger partial charge in [0.1, 0.15) is 11.7 Å². The van der Waals surface area contributed by atoms with Crippen molar-refractivity contribution < 1.29 is 28.6 Å². The molecule has 0 unspecified atom stereocenters. The van der Waals surface area contributed by atoms with Gasteiger partial charge in [0, 0.05) is 19.3 Å². The van der Waals surface area contributed by atoms with Gasteiger partial charge in [-0.05, 0) is 69.1 Å². The Kier molecular flexibility index (Phi) is 3.85. The number of carbonyl (C=O) groups is 3. The summed E-state index contributed by atoms with van der Waals surface area (Å²) in [5.41, 5.74) is -1.02. The van der Waals surface area contributed by atoms with Crippen molar-refractivity contribution in [3.05, 3.63) is 0 Å². The van der Waals surface area contributed by atoms with Gasteiger partial charge < -0.3 is 14.2 Å². The lowest BCUT2D eigenvalue weighted by Crippen LogP contribution is -2.57. The number of fused-ring (bicyclic) bond motifs is 3. The molecule has 154 valence electrons. The van der Waals surface area contributed by atoms with Crippen LogP contribution in [0.4, 0.5) is 0 Å². The van der Waals surface area contributed by atoms with E-state index in [0.29, 0.717) is 24.2 Å². The molecule has 5 fully saturated rings. The zero-order valence-electron chi connectivity index (χ0n) is 17.0. The summed E-state index contributed by atoms with van der Waals surface area (Å²) in [7, 11) is 0. The van der Waals surface area contributed by atoms with Crippen LogP contribution < -0.4 is 0 Å². The second-order valence-electron chi connectivity index (χ2n) is 9.96. The van der Waals surface area contributed by atoms with Crippen molar-refractivity contribution in [2.45, 2.75) is 95.5 Å². The van der Waals surface area contributed by atoms with Gasteiger partial charge in [-0.15, -0.1) is 0 Å². The molecule has 1 saturated heterocycles. The Morgan fingerprint density at radius 3 is 2.39 bits per heavy atom. The summed E-state index contributed by atoms with van der Waals surface area (Å²) in [6, 6.07) is 0. The highest BCUT2D eigenvalue weighted by atomic mass is 16.6. The standard InChI is InChI=1S/C22H30O6/c1-12(23)26-17-8-11-21-16-7-9-20(3)15(4-5-18(20)27-13(2)24)14(16)6-10-22(21,28-21)19(17)25/h14-18H,4-11H2,1-3H3/t14-,15-,16-,17-,18-,20-,21-,22-/m0/s1. The zero-order valence-corrected chi connectivity index (χ0v) is 17.0. The molecule has 0 spiro atoms. The third kappa shape index (κ3) is 2.21. The number of rotatable bonds is 2. The lowest BCUT2D eigenvalue weighted by atomic mass is 9.50. The maximum atomic E-state index is 13.1. The fraction of sp³-hybridized carbons (Fsp3) is 0.864. The largest absolute Gasteiger partial charge is 0.462 e. The molecule has 0 aromatic rings. The minimum atomic E-state index is -0.714. The molecule has 5 rings (SSSR count). The molecule has 0 bridgehead atoms. The number of hydrogen-bond donors (Lipinski definition) is 0. The highest BCUT2D eigenvalue weighted by Gasteiger charge is 2.82. The molecule has 1 aliphatic heterocycles. The number of epoxide rings is 1. The quantitative estimate of drug-likeness (QED) is 0.533. The van der Waals surface area contributed by atoms with Crippen molar-refractivity contribution in [3.8, 4) is 0 Å². The summed E-state index contributed by atoms with van der Waals surface area (Å²) in [6.45, 7) is 5.16. The van der Waals surface area contributed by atoms with Crippen molar-refractivity contribution in [1.29, 1.82) is 0 Å². The van der Waals surface area contributed by atoms with E-state index in [1.165, 1.54) is 13.8 Å². The first kappa shape index (κ1) is 18.6. The first-order valence-corrected chi connectivity index (χ1v) is 10.8. The minimum Gasteiger partial charge on any atom is -0.462 e. The fourth-order valence-corrected chi connectivity index (χ4v) is 7.78. The molecule has 5 aliphatic rings. The Hall–Kier alpha value is -1.43. The van der Waals surface area contributed by atoms with Gasteiger partial charge in [0.05, 0.1) is 0 Å². The molecule has 1 heterocycles. The van der Waals surface area contributed by atoms with E-state index in [1.54, 1.807) is 0 Å². The second-order valence-corrected chi connectivity index (χ2v) is 9.96. The minimum absolute atomic E-state index is 0.00931. The maximum Gasteiger partial charge on any atom is 0.303 e.